The Labute approximate surface area is 137 Å². The first-order valence-corrected chi connectivity index (χ1v) is 8.11. The van der Waals surface area contributed by atoms with Crippen molar-refractivity contribution in [2.75, 3.05) is 13.2 Å². The first-order chi connectivity index (χ1) is 10.9. The number of hydrogen-bond acceptors (Lipinski definition) is 4. The summed E-state index contributed by atoms with van der Waals surface area (Å²) in [5.74, 6) is 0.473. The van der Waals surface area contributed by atoms with Crippen molar-refractivity contribution in [1.82, 2.24) is 20.0 Å². The molecule has 1 N–H and O–H groups in total. The molecule has 7 heteroatoms. The number of fused-ring (bicyclic) bond motifs is 1. The highest BCUT2D eigenvalue weighted by atomic mass is 16.5. The molecular weight excluding hydrogens is 296 g/mol. The first kappa shape index (κ1) is 17.3. The van der Waals surface area contributed by atoms with Crippen LogP contribution in [-0.2, 0) is 29.2 Å². The van der Waals surface area contributed by atoms with E-state index in [0.717, 1.165) is 11.4 Å². The van der Waals surface area contributed by atoms with Crippen LogP contribution < -0.4 is 5.32 Å². The summed E-state index contributed by atoms with van der Waals surface area (Å²) in [7, 11) is 0. The van der Waals surface area contributed by atoms with E-state index in [2.05, 4.69) is 10.4 Å². The number of hydrogen-bond donors (Lipinski definition) is 1. The molecule has 1 aliphatic rings. The van der Waals surface area contributed by atoms with E-state index in [-0.39, 0.29) is 11.8 Å². The highest BCUT2D eigenvalue weighted by Crippen LogP contribution is 2.16. The number of carbonyl (C=O) groups is 2. The largest absolute Gasteiger partial charge is 0.449 e. The van der Waals surface area contributed by atoms with Gasteiger partial charge in [0, 0.05) is 12.5 Å². The summed E-state index contributed by atoms with van der Waals surface area (Å²) in [5, 5.41) is 7.16. The van der Waals surface area contributed by atoms with Crippen LogP contribution >= 0.6 is 0 Å². The maximum absolute atomic E-state index is 12.1. The summed E-state index contributed by atoms with van der Waals surface area (Å²) in [5.41, 5.74) is 1.78. The molecule has 2 rings (SSSR count). The monoisotopic (exact) mass is 322 g/mol. The smallest absolute Gasteiger partial charge is 0.407 e. The lowest BCUT2D eigenvalue weighted by Gasteiger charge is -2.29. The molecule has 7 nitrogen and oxygen atoms in total. The van der Waals surface area contributed by atoms with Gasteiger partial charge in [-0.25, -0.2) is 4.79 Å². The molecule has 23 heavy (non-hydrogen) atoms. The minimum Gasteiger partial charge on any atom is -0.449 e. The van der Waals surface area contributed by atoms with E-state index in [1.807, 2.05) is 43.3 Å². The standard InChI is InChI=1S/C16H26N4O3/c1-11(2)10-23-16(22)17-8-13-7-14-9-19(15(21)12(3)4)5-6-20(14)18-13/h7,11-12H,5-6,8-10H2,1-4H3,(H,17,22). The summed E-state index contributed by atoms with van der Waals surface area (Å²) in [6.07, 6.45) is -0.429. The maximum atomic E-state index is 12.1. The van der Waals surface area contributed by atoms with Crippen LogP contribution in [0, 0.1) is 11.8 Å². The predicted molar refractivity (Wildman–Crippen MR) is 85.5 cm³/mol. The van der Waals surface area contributed by atoms with Crippen molar-refractivity contribution in [3.63, 3.8) is 0 Å². The lowest BCUT2D eigenvalue weighted by Crippen LogP contribution is -2.40. The quantitative estimate of drug-likeness (QED) is 0.896. The van der Waals surface area contributed by atoms with Crippen LogP contribution in [0.5, 0.6) is 0 Å². The highest BCUT2D eigenvalue weighted by Gasteiger charge is 2.23. The Hall–Kier alpha value is -2.05. The normalized spacial score (nSPS) is 14.1. The number of nitrogens with zero attached hydrogens (tertiary/aromatic N) is 3. The minimum absolute atomic E-state index is 0.00124. The topological polar surface area (TPSA) is 76.5 Å². The number of nitrogens with one attached hydrogen (secondary N) is 1. The van der Waals surface area contributed by atoms with Crippen LogP contribution in [-0.4, -0.2) is 39.8 Å². The molecule has 2 heterocycles. The van der Waals surface area contributed by atoms with Gasteiger partial charge in [0.25, 0.3) is 0 Å². The molecule has 0 saturated carbocycles. The number of aromatic nitrogens is 2. The van der Waals surface area contributed by atoms with Crippen LogP contribution in [0.1, 0.15) is 39.1 Å². The third-order valence-electron chi connectivity index (χ3n) is 3.62. The average molecular weight is 322 g/mol. The van der Waals surface area contributed by atoms with E-state index in [1.54, 1.807) is 0 Å². The van der Waals surface area contributed by atoms with E-state index in [9.17, 15) is 9.59 Å². The van der Waals surface area contributed by atoms with Gasteiger partial charge < -0.3 is 15.0 Å². The van der Waals surface area contributed by atoms with Gasteiger partial charge in [-0.1, -0.05) is 27.7 Å². The third kappa shape index (κ3) is 4.71. The second-order valence-electron chi connectivity index (χ2n) is 6.61. The van der Waals surface area contributed by atoms with Gasteiger partial charge in [-0.05, 0) is 12.0 Å². The Morgan fingerprint density at radius 1 is 1.30 bits per heavy atom. The van der Waals surface area contributed by atoms with Crippen molar-refractivity contribution >= 4 is 12.0 Å². The molecule has 0 unspecified atom stereocenters. The van der Waals surface area contributed by atoms with Crippen LogP contribution in [0.3, 0.4) is 0 Å². The van der Waals surface area contributed by atoms with E-state index >= 15 is 0 Å². The molecular formula is C16H26N4O3. The van der Waals surface area contributed by atoms with Gasteiger partial charge in [-0.15, -0.1) is 0 Å². The molecule has 1 aromatic rings. The van der Waals surface area contributed by atoms with Crippen LogP contribution in [0.2, 0.25) is 0 Å². The highest BCUT2D eigenvalue weighted by molar-refractivity contribution is 5.78. The molecule has 0 atom stereocenters. The molecule has 128 valence electrons. The summed E-state index contributed by atoms with van der Waals surface area (Å²) >= 11 is 0. The molecule has 0 fully saturated rings. The Morgan fingerprint density at radius 3 is 2.70 bits per heavy atom. The Morgan fingerprint density at radius 2 is 2.04 bits per heavy atom. The Bertz CT molecular complexity index is 566. The second-order valence-corrected chi connectivity index (χ2v) is 6.61. The molecule has 0 aromatic carbocycles. The van der Waals surface area contributed by atoms with E-state index in [4.69, 9.17) is 4.74 Å². The van der Waals surface area contributed by atoms with Crippen molar-refractivity contribution in [3.8, 4) is 0 Å². The number of ether oxygens (including phenoxy) is 1. The lowest BCUT2D eigenvalue weighted by atomic mass is 10.1. The van der Waals surface area contributed by atoms with Gasteiger partial charge in [0.2, 0.25) is 5.91 Å². The zero-order valence-corrected chi connectivity index (χ0v) is 14.3. The zero-order valence-electron chi connectivity index (χ0n) is 14.3. The molecule has 0 spiro atoms. The lowest BCUT2D eigenvalue weighted by molar-refractivity contribution is -0.136. The molecule has 1 aromatic heterocycles. The molecule has 0 saturated heterocycles. The predicted octanol–water partition coefficient (Wildman–Crippen LogP) is 1.76. The van der Waals surface area contributed by atoms with Crippen molar-refractivity contribution < 1.29 is 14.3 Å². The van der Waals surface area contributed by atoms with Gasteiger partial charge in [-0.3, -0.25) is 9.48 Å². The molecule has 1 aliphatic heterocycles. The van der Waals surface area contributed by atoms with E-state index < -0.39 is 6.09 Å². The first-order valence-electron chi connectivity index (χ1n) is 8.11. The van der Waals surface area contributed by atoms with Gasteiger partial charge in [0.05, 0.1) is 37.6 Å². The minimum atomic E-state index is -0.429. The van der Waals surface area contributed by atoms with Gasteiger partial charge in [-0.2, -0.15) is 5.10 Å². The van der Waals surface area contributed by atoms with Crippen molar-refractivity contribution in [1.29, 1.82) is 0 Å². The van der Waals surface area contributed by atoms with E-state index in [0.29, 0.717) is 38.7 Å². The van der Waals surface area contributed by atoms with Crippen molar-refractivity contribution in [2.45, 2.75) is 47.3 Å². The van der Waals surface area contributed by atoms with Crippen LogP contribution in [0.4, 0.5) is 4.79 Å². The van der Waals surface area contributed by atoms with Crippen molar-refractivity contribution in [3.05, 3.63) is 17.5 Å². The van der Waals surface area contributed by atoms with Gasteiger partial charge >= 0.3 is 6.09 Å². The fourth-order valence-corrected chi connectivity index (χ4v) is 2.42. The number of rotatable bonds is 5. The van der Waals surface area contributed by atoms with Crippen LogP contribution in [0.25, 0.3) is 0 Å². The third-order valence-corrected chi connectivity index (χ3v) is 3.62. The molecule has 0 radical (unpaired) electrons. The summed E-state index contributed by atoms with van der Waals surface area (Å²) in [6, 6.07) is 1.93. The van der Waals surface area contributed by atoms with E-state index in [1.165, 1.54) is 0 Å². The van der Waals surface area contributed by atoms with Crippen molar-refractivity contribution in [2.24, 2.45) is 11.8 Å². The second kappa shape index (κ2) is 7.48. The van der Waals surface area contributed by atoms with Crippen LogP contribution in [0.15, 0.2) is 6.07 Å². The SMILES string of the molecule is CC(C)COC(=O)NCc1cc2n(n1)CCN(C(=O)C(C)C)C2. The average Bonchev–Trinajstić information content (AvgIpc) is 2.91. The fraction of sp³-hybridized carbons (Fsp3) is 0.688. The number of amides is 2. The van der Waals surface area contributed by atoms with Gasteiger partial charge in [0.1, 0.15) is 0 Å². The zero-order chi connectivity index (χ0) is 17.0. The number of carbonyl (C=O) groups excluding carboxylic acids is 2. The summed E-state index contributed by atoms with van der Waals surface area (Å²) < 4.78 is 6.97. The molecule has 2 amide bonds. The fourth-order valence-electron chi connectivity index (χ4n) is 2.42. The Kier molecular flexibility index (Phi) is 5.63. The Balaban J connectivity index is 1.88. The van der Waals surface area contributed by atoms with Gasteiger partial charge in [0.15, 0.2) is 0 Å². The summed E-state index contributed by atoms with van der Waals surface area (Å²) in [6.45, 7) is 10.5. The molecule has 0 aliphatic carbocycles. The maximum Gasteiger partial charge on any atom is 0.407 e. The molecule has 0 bridgehead atoms. The summed E-state index contributed by atoms with van der Waals surface area (Å²) in [4.78, 5) is 25.5. The number of alkyl carbamates (subject to hydrolysis) is 1.